The molecule has 1 atom stereocenters. The summed E-state index contributed by atoms with van der Waals surface area (Å²) in [6.45, 7) is 3.75. The maximum Gasteiger partial charge on any atom is 0.235 e. The van der Waals surface area contributed by atoms with Gasteiger partial charge in [-0.3, -0.25) is 9.59 Å². The number of aldehydes is 1. The first kappa shape index (κ1) is 14.1. The van der Waals surface area contributed by atoms with Gasteiger partial charge in [-0.05, 0) is 38.3 Å². The molecule has 1 amide bonds. The summed E-state index contributed by atoms with van der Waals surface area (Å²) in [4.78, 5) is 25.9. The van der Waals surface area contributed by atoms with Gasteiger partial charge in [-0.25, -0.2) is 0 Å². The van der Waals surface area contributed by atoms with Gasteiger partial charge in [-0.2, -0.15) is 0 Å². The second-order valence-electron chi connectivity index (χ2n) is 4.83. The summed E-state index contributed by atoms with van der Waals surface area (Å²) in [5.74, 6) is 0.226. The molecular weight excluding hydrogens is 258 g/mol. The highest BCUT2D eigenvalue weighted by atomic mass is 32.2. The van der Waals surface area contributed by atoms with Crippen LogP contribution in [-0.2, 0) is 4.79 Å². The molecule has 0 saturated carbocycles. The lowest BCUT2D eigenvalue weighted by Gasteiger charge is -2.29. The molecule has 0 bridgehead atoms. The lowest BCUT2D eigenvalue weighted by molar-refractivity contribution is -0.131. The van der Waals surface area contributed by atoms with Crippen LogP contribution < -0.4 is 0 Å². The maximum absolute atomic E-state index is 12.3. The number of hydrogen-bond acceptors (Lipinski definition) is 3. The first-order chi connectivity index (χ1) is 9.20. The highest BCUT2D eigenvalue weighted by Crippen LogP contribution is 2.25. The molecule has 0 spiro atoms. The third-order valence-corrected chi connectivity index (χ3v) is 4.44. The zero-order chi connectivity index (χ0) is 13.7. The van der Waals surface area contributed by atoms with Gasteiger partial charge in [0.05, 0.1) is 5.25 Å². The molecule has 19 heavy (non-hydrogen) atoms. The van der Waals surface area contributed by atoms with E-state index in [0.29, 0.717) is 5.56 Å². The fourth-order valence-electron chi connectivity index (χ4n) is 2.25. The minimum Gasteiger partial charge on any atom is -0.342 e. The fraction of sp³-hybridized carbons (Fsp3) is 0.467. The molecule has 1 saturated heterocycles. The van der Waals surface area contributed by atoms with Gasteiger partial charge < -0.3 is 4.90 Å². The van der Waals surface area contributed by atoms with Crippen LogP contribution >= 0.6 is 11.8 Å². The van der Waals surface area contributed by atoms with E-state index in [1.54, 1.807) is 23.9 Å². The maximum atomic E-state index is 12.3. The lowest BCUT2D eigenvalue weighted by Crippen LogP contribution is -2.40. The highest BCUT2D eigenvalue weighted by Gasteiger charge is 2.22. The van der Waals surface area contributed by atoms with Gasteiger partial charge in [0.25, 0.3) is 0 Å². The Balaban J connectivity index is 1.93. The Morgan fingerprint density at radius 1 is 1.21 bits per heavy atom. The largest absolute Gasteiger partial charge is 0.342 e. The normalized spacial score (nSPS) is 17.0. The molecule has 3 nitrogen and oxygen atoms in total. The fourth-order valence-corrected chi connectivity index (χ4v) is 3.20. The van der Waals surface area contributed by atoms with E-state index in [1.165, 1.54) is 6.42 Å². The Labute approximate surface area is 118 Å². The van der Waals surface area contributed by atoms with Gasteiger partial charge in [0.2, 0.25) is 5.91 Å². The SMILES string of the molecule is CC(Sc1ccc(C=O)cc1)C(=O)N1CCCCC1. The molecule has 1 aromatic rings. The van der Waals surface area contributed by atoms with Crippen molar-refractivity contribution >= 4 is 24.0 Å². The summed E-state index contributed by atoms with van der Waals surface area (Å²) in [5.41, 5.74) is 0.666. The molecular formula is C15H19NO2S. The lowest BCUT2D eigenvalue weighted by atomic mass is 10.1. The molecule has 1 aliphatic heterocycles. The van der Waals surface area contributed by atoms with Crippen LogP contribution in [0.2, 0.25) is 0 Å². The number of piperidine rings is 1. The Hall–Kier alpha value is -1.29. The molecule has 0 aromatic heterocycles. The molecule has 0 N–H and O–H groups in total. The van der Waals surface area contributed by atoms with Gasteiger partial charge in [0.15, 0.2) is 0 Å². The Kier molecular flexibility index (Phi) is 5.02. The number of rotatable bonds is 4. The molecule has 1 heterocycles. The molecule has 4 heteroatoms. The van der Waals surface area contributed by atoms with Crippen LogP contribution in [0.1, 0.15) is 36.5 Å². The third kappa shape index (κ3) is 3.83. The van der Waals surface area contributed by atoms with Crippen LogP contribution in [-0.4, -0.2) is 35.4 Å². The highest BCUT2D eigenvalue weighted by molar-refractivity contribution is 8.00. The number of nitrogens with zero attached hydrogens (tertiary/aromatic N) is 1. The quantitative estimate of drug-likeness (QED) is 0.627. The second kappa shape index (κ2) is 6.75. The van der Waals surface area contributed by atoms with Crippen LogP contribution in [0.4, 0.5) is 0 Å². The number of amides is 1. The van der Waals surface area contributed by atoms with Crippen molar-refractivity contribution in [1.82, 2.24) is 4.90 Å². The van der Waals surface area contributed by atoms with Crippen molar-refractivity contribution < 1.29 is 9.59 Å². The minimum atomic E-state index is -0.0693. The van der Waals surface area contributed by atoms with E-state index in [0.717, 1.165) is 37.1 Å². The molecule has 0 radical (unpaired) electrons. The van der Waals surface area contributed by atoms with E-state index in [2.05, 4.69) is 0 Å². The second-order valence-corrected chi connectivity index (χ2v) is 6.25. The van der Waals surface area contributed by atoms with Gasteiger partial charge in [0.1, 0.15) is 6.29 Å². The van der Waals surface area contributed by atoms with Crippen molar-refractivity contribution in [3.8, 4) is 0 Å². The van der Waals surface area contributed by atoms with E-state index < -0.39 is 0 Å². The van der Waals surface area contributed by atoms with E-state index >= 15 is 0 Å². The summed E-state index contributed by atoms with van der Waals surface area (Å²) in [6, 6.07) is 7.36. The Bertz CT molecular complexity index is 438. The van der Waals surface area contributed by atoms with Gasteiger partial charge >= 0.3 is 0 Å². The molecule has 1 aromatic carbocycles. The number of carbonyl (C=O) groups excluding carboxylic acids is 2. The summed E-state index contributed by atoms with van der Waals surface area (Å²) in [5, 5.41) is -0.0693. The van der Waals surface area contributed by atoms with E-state index in [4.69, 9.17) is 0 Å². The summed E-state index contributed by atoms with van der Waals surface area (Å²) < 4.78 is 0. The van der Waals surface area contributed by atoms with Gasteiger partial charge in [-0.1, -0.05) is 12.1 Å². The monoisotopic (exact) mass is 277 g/mol. The van der Waals surface area contributed by atoms with Crippen LogP contribution in [0.15, 0.2) is 29.2 Å². The number of carbonyl (C=O) groups is 2. The average molecular weight is 277 g/mol. The zero-order valence-electron chi connectivity index (χ0n) is 11.2. The molecule has 2 rings (SSSR count). The Morgan fingerprint density at radius 2 is 1.84 bits per heavy atom. The Morgan fingerprint density at radius 3 is 2.42 bits per heavy atom. The first-order valence-electron chi connectivity index (χ1n) is 6.71. The van der Waals surface area contributed by atoms with Crippen molar-refractivity contribution in [3.05, 3.63) is 29.8 Å². The van der Waals surface area contributed by atoms with Crippen LogP contribution in [0, 0.1) is 0 Å². The van der Waals surface area contributed by atoms with E-state index in [-0.39, 0.29) is 11.2 Å². The van der Waals surface area contributed by atoms with Crippen molar-refractivity contribution in [3.63, 3.8) is 0 Å². The number of hydrogen-bond donors (Lipinski definition) is 0. The summed E-state index contributed by atoms with van der Waals surface area (Å²) in [7, 11) is 0. The summed E-state index contributed by atoms with van der Waals surface area (Å²) >= 11 is 1.56. The number of thioether (sulfide) groups is 1. The first-order valence-corrected chi connectivity index (χ1v) is 7.59. The number of benzene rings is 1. The average Bonchev–Trinajstić information content (AvgIpc) is 2.48. The van der Waals surface area contributed by atoms with Crippen molar-refractivity contribution in [2.45, 2.75) is 36.3 Å². The molecule has 1 aliphatic rings. The smallest absolute Gasteiger partial charge is 0.235 e. The summed E-state index contributed by atoms with van der Waals surface area (Å²) in [6.07, 6.45) is 4.31. The molecule has 1 fully saturated rings. The van der Waals surface area contributed by atoms with Gasteiger partial charge in [0, 0.05) is 23.5 Å². The van der Waals surface area contributed by atoms with E-state index in [1.807, 2.05) is 24.0 Å². The topological polar surface area (TPSA) is 37.4 Å². The van der Waals surface area contributed by atoms with Crippen molar-refractivity contribution in [1.29, 1.82) is 0 Å². The predicted molar refractivity (Wildman–Crippen MR) is 77.6 cm³/mol. The molecule has 0 aliphatic carbocycles. The van der Waals surface area contributed by atoms with Crippen molar-refractivity contribution in [2.75, 3.05) is 13.1 Å². The minimum absolute atomic E-state index is 0.0693. The van der Waals surface area contributed by atoms with Crippen LogP contribution in [0.5, 0.6) is 0 Å². The van der Waals surface area contributed by atoms with Crippen LogP contribution in [0.3, 0.4) is 0 Å². The predicted octanol–water partition coefficient (Wildman–Crippen LogP) is 2.99. The third-order valence-electron chi connectivity index (χ3n) is 3.34. The zero-order valence-corrected chi connectivity index (χ0v) is 12.0. The number of likely N-dealkylation sites (tertiary alicyclic amines) is 1. The van der Waals surface area contributed by atoms with Gasteiger partial charge in [-0.15, -0.1) is 11.8 Å². The van der Waals surface area contributed by atoms with Crippen LogP contribution in [0.25, 0.3) is 0 Å². The van der Waals surface area contributed by atoms with Crippen molar-refractivity contribution in [2.24, 2.45) is 0 Å². The molecule has 1 unspecified atom stereocenters. The standard InChI is InChI=1S/C15H19NO2S/c1-12(15(18)16-9-3-2-4-10-16)19-14-7-5-13(11-17)6-8-14/h5-8,11-12H,2-4,9-10H2,1H3. The van der Waals surface area contributed by atoms with E-state index in [9.17, 15) is 9.59 Å². The molecule has 102 valence electrons.